The van der Waals surface area contributed by atoms with Crippen LogP contribution in [0.1, 0.15) is 28.7 Å². The Morgan fingerprint density at radius 3 is 2.27 bits per heavy atom. The molecule has 0 aromatic heterocycles. The Labute approximate surface area is 107 Å². The van der Waals surface area contributed by atoms with Crippen LogP contribution in [0.15, 0.2) is 12.1 Å². The smallest absolute Gasteiger partial charge is 0.0210 e. The molecule has 1 rings (SSSR count). The Kier molecular flexibility index (Phi) is 5.61. The van der Waals surface area contributed by atoms with E-state index in [0.717, 1.165) is 13.1 Å². The van der Waals surface area contributed by atoms with Crippen molar-refractivity contribution in [3.8, 4) is 0 Å². The molecule has 1 nitrogen and oxygen atoms in total. The van der Waals surface area contributed by atoms with Gasteiger partial charge in [-0.15, -0.1) is 0 Å². The Hall–Kier alpha value is -0.0900. The third-order valence-electron chi connectivity index (χ3n) is 2.63. The number of alkyl halides is 1. The highest BCUT2D eigenvalue weighted by molar-refractivity contribution is 14.1. The first-order valence-corrected chi connectivity index (χ1v) is 7.01. The van der Waals surface area contributed by atoms with E-state index in [2.05, 4.69) is 60.8 Å². The van der Waals surface area contributed by atoms with Crippen LogP contribution in [0.5, 0.6) is 0 Å². The van der Waals surface area contributed by atoms with Crippen molar-refractivity contribution in [2.45, 2.75) is 33.7 Å². The Bertz CT molecular complexity index is 297. The third kappa shape index (κ3) is 4.11. The van der Waals surface area contributed by atoms with E-state index in [-0.39, 0.29) is 0 Å². The van der Waals surface area contributed by atoms with Gasteiger partial charge in [-0.1, -0.05) is 40.3 Å². The first kappa shape index (κ1) is 13.0. The van der Waals surface area contributed by atoms with Crippen molar-refractivity contribution in [3.63, 3.8) is 0 Å². The van der Waals surface area contributed by atoms with Gasteiger partial charge in [0, 0.05) is 11.0 Å². The Morgan fingerprint density at radius 1 is 1.13 bits per heavy atom. The molecule has 0 amide bonds. The van der Waals surface area contributed by atoms with Crippen molar-refractivity contribution in [2.24, 2.45) is 0 Å². The lowest BCUT2D eigenvalue weighted by molar-refractivity contribution is 0.677. The molecule has 0 aliphatic carbocycles. The van der Waals surface area contributed by atoms with Crippen LogP contribution < -0.4 is 5.32 Å². The maximum atomic E-state index is 3.50. The molecule has 0 aliphatic rings. The molecule has 0 heterocycles. The number of hydrogen-bond donors (Lipinski definition) is 1. The minimum Gasteiger partial charge on any atom is -0.313 e. The van der Waals surface area contributed by atoms with Gasteiger partial charge < -0.3 is 5.32 Å². The fourth-order valence-electron chi connectivity index (χ4n) is 1.89. The average molecular weight is 317 g/mol. The van der Waals surface area contributed by atoms with E-state index in [4.69, 9.17) is 0 Å². The maximum Gasteiger partial charge on any atom is 0.0210 e. The molecule has 1 aromatic rings. The van der Waals surface area contributed by atoms with Crippen LogP contribution in [0.2, 0.25) is 0 Å². The van der Waals surface area contributed by atoms with Crippen LogP contribution in [-0.4, -0.2) is 11.0 Å². The number of hydrogen-bond acceptors (Lipinski definition) is 1. The molecular formula is C13H20IN. The zero-order valence-electron chi connectivity index (χ0n) is 9.86. The monoisotopic (exact) mass is 317 g/mol. The molecule has 1 aromatic carbocycles. The molecule has 0 fully saturated rings. The second-order valence-electron chi connectivity index (χ2n) is 4.10. The summed E-state index contributed by atoms with van der Waals surface area (Å²) in [7, 11) is 0. The Morgan fingerprint density at radius 2 is 1.73 bits per heavy atom. The quantitative estimate of drug-likeness (QED) is 0.498. The molecule has 15 heavy (non-hydrogen) atoms. The van der Waals surface area contributed by atoms with Gasteiger partial charge in [0.2, 0.25) is 0 Å². The number of aryl methyl sites for hydroxylation is 3. The molecule has 0 saturated carbocycles. The lowest BCUT2D eigenvalue weighted by atomic mass is 10.00. The molecule has 2 heteroatoms. The fourth-order valence-corrected chi connectivity index (χ4v) is 2.28. The van der Waals surface area contributed by atoms with Gasteiger partial charge in [-0.2, -0.15) is 0 Å². The van der Waals surface area contributed by atoms with E-state index >= 15 is 0 Å². The number of benzene rings is 1. The van der Waals surface area contributed by atoms with Gasteiger partial charge in [0.15, 0.2) is 0 Å². The van der Waals surface area contributed by atoms with Crippen molar-refractivity contribution >= 4 is 22.6 Å². The van der Waals surface area contributed by atoms with Gasteiger partial charge in [0.05, 0.1) is 0 Å². The highest BCUT2D eigenvalue weighted by Gasteiger charge is 2.02. The standard InChI is InChI=1S/C13H20IN/c1-10-7-11(2)13(12(3)8-10)9-15-6-4-5-14/h7-8,15H,4-6,9H2,1-3H3. The largest absolute Gasteiger partial charge is 0.313 e. The zero-order valence-corrected chi connectivity index (χ0v) is 12.0. The van der Waals surface area contributed by atoms with Crippen LogP contribution >= 0.6 is 22.6 Å². The van der Waals surface area contributed by atoms with E-state index in [1.807, 2.05) is 0 Å². The normalized spacial score (nSPS) is 10.7. The molecular weight excluding hydrogens is 297 g/mol. The fraction of sp³-hybridized carbons (Fsp3) is 0.538. The molecule has 0 unspecified atom stereocenters. The van der Waals surface area contributed by atoms with Crippen LogP contribution in [0.3, 0.4) is 0 Å². The van der Waals surface area contributed by atoms with Gasteiger partial charge in [-0.25, -0.2) is 0 Å². The molecule has 84 valence electrons. The number of rotatable bonds is 5. The topological polar surface area (TPSA) is 12.0 Å². The van der Waals surface area contributed by atoms with E-state index < -0.39 is 0 Å². The molecule has 0 radical (unpaired) electrons. The summed E-state index contributed by atoms with van der Waals surface area (Å²) in [6.07, 6.45) is 1.25. The summed E-state index contributed by atoms with van der Waals surface area (Å²) in [6.45, 7) is 8.70. The minimum atomic E-state index is 1.01. The lowest BCUT2D eigenvalue weighted by Crippen LogP contribution is -2.16. The van der Waals surface area contributed by atoms with E-state index in [1.54, 1.807) is 0 Å². The number of nitrogens with one attached hydrogen (secondary N) is 1. The second kappa shape index (κ2) is 6.48. The maximum absolute atomic E-state index is 3.50. The van der Waals surface area contributed by atoms with Crippen molar-refractivity contribution in [1.82, 2.24) is 5.32 Å². The molecule has 0 atom stereocenters. The summed E-state index contributed by atoms with van der Waals surface area (Å²) in [6, 6.07) is 4.53. The van der Waals surface area contributed by atoms with Gasteiger partial charge in [-0.3, -0.25) is 0 Å². The lowest BCUT2D eigenvalue weighted by Gasteiger charge is -2.12. The minimum absolute atomic E-state index is 1.01. The third-order valence-corrected chi connectivity index (χ3v) is 3.39. The predicted molar refractivity (Wildman–Crippen MR) is 75.9 cm³/mol. The second-order valence-corrected chi connectivity index (χ2v) is 5.18. The van der Waals surface area contributed by atoms with Gasteiger partial charge >= 0.3 is 0 Å². The first-order valence-electron chi connectivity index (χ1n) is 5.48. The van der Waals surface area contributed by atoms with Crippen LogP contribution in [0.25, 0.3) is 0 Å². The van der Waals surface area contributed by atoms with Crippen molar-refractivity contribution < 1.29 is 0 Å². The highest BCUT2D eigenvalue weighted by Crippen LogP contribution is 2.15. The van der Waals surface area contributed by atoms with E-state index in [0.29, 0.717) is 0 Å². The van der Waals surface area contributed by atoms with Crippen molar-refractivity contribution in [3.05, 3.63) is 34.4 Å². The highest BCUT2D eigenvalue weighted by atomic mass is 127. The van der Waals surface area contributed by atoms with Crippen LogP contribution in [0.4, 0.5) is 0 Å². The molecule has 0 bridgehead atoms. The summed E-state index contributed by atoms with van der Waals surface area (Å²) >= 11 is 2.42. The van der Waals surface area contributed by atoms with Gasteiger partial charge in [-0.05, 0) is 50.4 Å². The summed E-state index contributed by atoms with van der Waals surface area (Å²) in [5.74, 6) is 0. The summed E-state index contributed by atoms with van der Waals surface area (Å²) in [5, 5.41) is 3.50. The molecule has 0 saturated heterocycles. The molecule has 0 spiro atoms. The van der Waals surface area contributed by atoms with E-state index in [1.165, 1.54) is 33.1 Å². The predicted octanol–water partition coefficient (Wildman–Crippen LogP) is 3.53. The van der Waals surface area contributed by atoms with E-state index in [9.17, 15) is 0 Å². The molecule has 0 aliphatic heterocycles. The van der Waals surface area contributed by atoms with Crippen molar-refractivity contribution in [2.75, 3.05) is 11.0 Å². The van der Waals surface area contributed by atoms with Gasteiger partial charge in [0.1, 0.15) is 0 Å². The Balaban J connectivity index is 2.60. The molecule has 1 N–H and O–H groups in total. The van der Waals surface area contributed by atoms with Gasteiger partial charge in [0.25, 0.3) is 0 Å². The summed E-state index contributed by atoms with van der Waals surface area (Å²) < 4.78 is 1.23. The van der Waals surface area contributed by atoms with Crippen LogP contribution in [-0.2, 0) is 6.54 Å². The SMILES string of the molecule is Cc1cc(C)c(CNCCCI)c(C)c1. The average Bonchev–Trinajstić information content (AvgIpc) is 2.15. The van der Waals surface area contributed by atoms with Crippen LogP contribution in [0, 0.1) is 20.8 Å². The summed E-state index contributed by atoms with van der Waals surface area (Å²) in [5.41, 5.74) is 5.65. The number of halogens is 1. The zero-order chi connectivity index (χ0) is 11.3. The van der Waals surface area contributed by atoms with Crippen molar-refractivity contribution in [1.29, 1.82) is 0 Å². The summed E-state index contributed by atoms with van der Waals surface area (Å²) in [4.78, 5) is 0. The first-order chi connectivity index (χ1) is 7.15.